The molecule has 94 valence electrons. The van der Waals surface area contributed by atoms with Gasteiger partial charge >= 0.3 is 0 Å². The van der Waals surface area contributed by atoms with Crippen LogP contribution in [0.15, 0.2) is 18.2 Å². The standard InChI is InChI=1S/C14H21ClN2/c1-11-13(15)6-3-7-14(11)16-12-5-4-9-17(2)10-8-12/h3,6-7,12,16H,4-5,8-10H2,1-2H3. The molecule has 1 aromatic rings. The summed E-state index contributed by atoms with van der Waals surface area (Å²) >= 11 is 6.14. The van der Waals surface area contributed by atoms with Crippen LogP contribution in [0.3, 0.4) is 0 Å². The van der Waals surface area contributed by atoms with Gasteiger partial charge in [-0.1, -0.05) is 17.7 Å². The molecule has 0 bridgehead atoms. The number of anilines is 1. The van der Waals surface area contributed by atoms with E-state index in [1.807, 2.05) is 12.1 Å². The normalized spacial score (nSPS) is 22.2. The lowest BCUT2D eigenvalue weighted by molar-refractivity contribution is 0.348. The predicted octanol–water partition coefficient (Wildman–Crippen LogP) is 3.54. The van der Waals surface area contributed by atoms with Crippen LogP contribution in [-0.4, -0.2) is 31.1 Å². The van der Waals surface area contributed by atoms with Crippen LogP contribution in [-0.2, 0) is 0 Å². The number of hydrogen-bond acceptors (Lipinski definition) is 2. The molecule has 1 fully saturated rings. The van der Waals surface area contributed by atoms with Gasteiger partial charge in [-0.3, -0.25) is 0 Å². The second-order valence-corrected chi connectivity index (χ2v) is 5.40. The van der Waals surface area contributed by atoms with Crippen molar-refractivity contribution >= 4 is 17.3 Å². The van der Waals surface area contributed by atoms with E-state index in [4.69, 9.17) is 11.6 Å². The minimum atomic E-state index is 0.581. The van der Waals surface area contributed by atoms with Gasteiger partial charge in [0.2, 0.25) is 0 Å². The fraction of sp³-hybridized carbons (Fsp3) is 0.571. The van der Waals surface area contributed by atoms with E-state index in [-0.39, 0.29) is 0 Å². The molecule has 3 heteroatoms. The van der Waals surface area contributed by atoms with Crippen LogP contribution < -0.4 is 5.32 Å². The third-order valence-electron chi connectivity index (χ3n) is 3.58. The van der Waals surface area contributed by atoms with Crippen LogP contribution in [0, 0.1) is 6.92 Å². The molecule has 0 aliphatic carbocycles. The van der Waals surface area contributed by atoms with E-state index in [9.17, 15) is 0 Å². The monoisotopic (exact) mass is 252 g/mol. The SMILES string of the molecule is Cc1c(Cl)cccc1NC1CCCN(C)CC1. The summed E-state index contributed by atoms with van der Waals surface area (Å²) in [4.78, 5) is 2.41. The van der Waals surface area contributed by atoms with Crippen molar-refractivity contribution in [3.8, 4) is 0 Å². The van der Waals surface area contributed by atoms with Crippen molar-refractivity contribution in [1.29, 1.82) is 0 Å². The van der Waals surface area contributed by atoms with E-state index < -0.39 is 0 Å². The zero-order valence-corrected chi connectivity index (χ0v) is 11.4. The average molecular weight is 253 g/mol. The summed E-state index contributed by atoms with van der Waals surface area (Å²) in [5, 5.41) is 4.49. The zero-order valence-electron chi connectivity index (χ0n) is 10.7. The average Bonchev–Trinajstić information content (AvgIpc) is 2.50. The van der Waals surface area contributed by atoms with Crippen molar-refractivity contribution in [1.82, 2.24) is 4.90 Å². The molecule has 17 heavy (non-hydrogen) atoms. The lowest BCUT2D eigenvalue weighted by atomic mass is 10.1. The fourth-order valence-corrected chi connectivity index (χ4v) is 2.54. The first-order chi connectivity index (χ1) is 8.16. The van der Waals surface area contributed by atoms with Crippen LogP contribution in [0.1, 0.15) is 24.8 Å². The second-order valence-electron chi connectivity index (χ2n) is 4.99. The number of hydrogen-bond donors (Lipinski definition) is 1. The predicted molar refractivity (Wildman–Crippen MR) is 74.9 cm³/mol. The molecule has 1 aliphatic heterocycles. The van der Waals surface area contributed by atoms with Gasteiger partial charge in [-0.15, -0.1) is 0 Å². The number of nitrogens with zero attached hydrogens (tertiary/aromatic N) is 1. The summed E-state index contributed by atoms with van der Waals surface area (Å²) in [6, 6.07) is 6.66. The molecule has 0 radical (unpaired) electrons. The molecule has 1 aromatic carbocycles. The van der Waals surface area contributed by atoms with Crippen molar-refractivity contribution in [2.24, 2.45) is 0 Å². The van der Waals surface area contributed by atoms with E-state index in [1.165, 1.54) is 38.0 Å². The van der Waals surface area contributed by atoms with Gasteiger partial charge in [0.05, 0.1) is 0 Å². The number of nitrogens with one attached hydrogen (secondary N) is 1. The summed E-state index contributed by atoms with van der Waals surface area (Å²) < 4.78 is 0. The summed E-state index contributed by atoms with van der Waals surface area (Å²) in [5.41, 5.74) is 2.35. The Kier molecular flexibility index (Phi) is 4.30. The maximum absolute atomic E-state index is 6.14. The lowest BCUT2D eigenvalue weighted by Gasteiger charge is -2.20. The summed E-state index contributed by atoms with van der Waals surface area (Å²) in [7, 11) is 2.20. The fourth-order valence-electron chi connectivity index (χ4n) is 2.37. The minimum Gasteiger partial charge on any atom is -0.382 e. The molecule has 1 N–H and O–H groups in total. The molecule has 0 spiro atoms. The molecule has 2 nitrogen and oxygen atoms in total. The van der Waals surface area contributed by atoms with Crippen LogP contribution in [0.5, 0.6) is 0 Å². The maximum Gasteiger partial charge on any atom is 0.0455 e. The summed E-state index contributed by atoms with van der Waals surface area (Å²) in [5.74, 6) is 0. The largest absolute Gasteiger partial charge is 0.382 e. The molecule has 2 rings (SSSR count). The van der Waals surface area contributed by atoms with Gasteiger partial charge in [-0.25, -0.2) is 0 Å². The minimum absolute atomic E-state index is 0.581. The quantitative estimate of drug-likeness (QED) is 0.866. The number of likely N-dealkylation sites (tertiary alicyclic amines) is 1. The molecule has 1 saturated heterocycles. The van der Waals surface area contributed by atoms with Gasteiger partial charge in [-0.05, 0) is 64.0 Å². The smallest absolute Gasteiger partial charge is 0.0455 e. The van der Waals surface area contributed by atoms with Crippen molar-refractivity contribution in [2.75, 3.05) is 25.5 Å². The van der Waals surface area contributed by atoms with Crippen LogP contribution in [0.2, 0.25) is 5.02 Å². The Bertz CT molecular complexity index is 378. The van der Waals surface area contributed by atoms with E-state index >= 15 is 0 Å². The van der Waals surface area contributed by atoms with E-state index in [2.05, 4.69) is 30.3 Å². The molecular weight excluding hydrogens is 232 g/mol. The van der Waals surface area contributed by atoms with Gasteiger partial charge in [0.1, 0.15) is 0 Å². The van der Waals surface area contributed by atoms with E-state index in [0.717, 1.165) is 10.6 Å². The number of rotatable bonds is 2. The molecule has 1 unspecified atom stereocenters. The van der Waals surface area contributed by atoms with Gasteiger partial charge in [0, 0.05) is 16.8 Å². The Hall–Kier alpha value is -0.730. The van der Waals surface area contributed by atoms with Crippen molar-refractivity contribution in [2.45, 2.75) is 32.2 Å². The zero-order chi connectivity index (χ0) is 12.3. The molecule has 0 saturated carbocycles. The van der Waals surface area contributed by atoms with E-state index in [1.54, 1.807) is 0 Å². The van der Waals surface area contributed by atoms with Gasteiger partial charge in [-0.2, -0.15) is 0 Å². The number of halogens is 1. The first kappa shape index (κ1) is 12.7. The molecular formula is C14H21ClN2. The highest BCUT2D eigenvalue weighted by Gasteiger charge is 2.15. The highest BCUT2D eigenvalue weighted by atomic mass is 35.5. The Morgan fingerprint density at radius 3 is 2.94 bits per heavy atom. The Morgan fingerprint density at radius 2 is 2.12 bits per heavy atom. The first-order valence-electron chi connectivity index (χ1n) is 6.37. The summed E-state index contributed by atoms with van der Waals surface area (Å²) in [6.45, 7) is 4.47. The van der Waals surface area contributed by atoms with Crippen LogP contribution in [0.4, 0.5) is 5.69 Å². The van der Waals surface area contributed by atoms with Crippen molar-refractivity contribution in [3.05, 3.63) is 28.8 Å². The Labute approximate surface area is 109 Å². The molecule has 0 aromatic heterocycles. The first-order valence-corrected chi connectivity index (χ1v) is 6.75. The van der Waals surface area contributed by atoms with E-state index in [0.29, 0.717) is 6.04 Å². The second kappa shape index (κ2) is 5.74. The topological polar surface area (TPSA) is 15.3 Å². The highest BCUT2D eigenvalue weighted by Crippen LogP contribution is 2.25. The van der Waals surface area contributed by atoms with Gasteiger partial charge < -0.3 is 10.2 Å². The Balaban J connectivity index is 2.02. The van der Waals surface area contributed by atoms with Gasteiger partial charge in [0.15, 0.2) is 0 Å². The molecule has 0 amide bonds. The molecule has 1 aliphatic rings. The van der Waals surface area contributed by atoms with Crippen LogP contribution >= 0.6 is 11.6 Å². The van der Waals surface area contributed by atoms with Crippen molar-refractivity contribution < 1.29 is 0 Å². The third kappa shape index (κ3) is 3.36. The lowest BCUT2D eigenvalue weighted by Crippen LogP contribution is -2.23. The maximum atomic E-state index is 6.14. The Morgan fingerprint density at radius 1 is 1.29 bits per heavy atom. The number of benzene rings is 1. The highest BCUT2D eigenvalue weighted by molar-refractivity contribution is 6.31. The molecule has 1 heterocycles. The van der Waals surface area contributed by atoms with Crippen LogP contribution in [0.25, 0.3) is 0 Å². The third-order valence-corrected chi connectivity index (χ3v) is 3.99. The summed E-state index contributed by atoms with van der Waals surface area (Å²) in [6.07, 6.45) is 3.73. The molecule has 1 atom stereocenters. The van der Waals surface area contributed by atoms with Crippen molar-refractivity contribution in [3.63, 3.8) is 0 Å². The van der Waals surface area contributed by atoms with Gasteiger partial charge in [0.25, 0.3) is 0 Å².